The van der Waals surface area contributed by atoms with Crippen LogP contribution in [0.15, 0.2) is 54.6 Å². The van der Waals surface area contributed by atoms with Crippen molar-refractivity contribution in [3.63, 3.8) is 0 Å². The third kappa shape index (κ3) is 4.91. The van der Waals surface area contributed by atoms with Gasteiger partial charge in [0.25, 0.3) is 0 Å². The molecule has 0 heterocycles. The number of benzene rings is 2. The molecule has 21 heavy (non-hydrogen) atoms. The van der Waals surface area contributed by atoms with E-state index >= 15 is 0 Å². The van der Waals surface area contributed by atoms with Gasteiger partial charge in [0.15, 0.2) is 0 Å². The van der Waals surface area contributed by atoms with E-state index in [2.05, 4.69) is 61.6 Å². The van der Waals surface area contributed by atoms with Gasteiger partial charge < -0.3 is 10.1 Å². The third-order valence-corrected chi connectivity index (χ3v) is 3.84. The van der Waals surface area contributed by atoms with Crippen LogP contribution in [0.25, 0.3) is 0 Å². The average molecular weight is 283 g/mol. The van der Waals surface area contributed by atoms with Gasteiger partial charge in [0.1, 0.15) is 5.75 Å². The summed E-state index contributed by atoms with van der Waals surface area (Å²) in [6.07, 6.45) is 1.03. The van der Waals surface area contributed by atoms with Gasteiger partial charge in [-0.2, -0.15) is 0 Å². The van der Waals surface area contributed by atoms with E-state index in [0.29, 0.717) is 12.0 Å². The van der Waals surface area contributed by atoms with Crippen LogP contribution in [0.4, 0.5) is 0 Å². The summed E-state index contributed by atoms with van der Waals surface area (Å²) < 4.78 is 5.19. The minimum atomic E-state index is 0.463. The lowest BCUT2D eigenvalue weighted by molar-refractivity contribution is 0.414. The Kier molecular flexibility index (Phi) is 5.82. The zero-order valence-corrected chi connectivity index (χ0v) is 13.2. The summed E-state index contributed by atoms with van der Waals surface area (Å²) in [6, 6.07) is 19.4. The van der Waals surface area contributed by atoms with Crippen LogP contribution in [0.1, 0.15) is 30.9 Å². The number of nitrogens with one attached hydrogen (secondary N) is 1. The fourth-order valence-electron chi connectivity index (χ4n) is 2.46. The topological polar surface area (TPSA) is 21.3 Å². The second kappa shape index (κ2) is 7.84. The molecule has 1 N–H and O–H groups in total. The molecule has 112 valence electrons. The second-order valence-electron chi connectivity index (χ2n) is 5.67. The molecule has 0 bridgehead atoms. The number of rotatable bonds is 7. The van der Waals surface area contributed by atoms with E-state index < -0.39 is 0 Å². The Morgan fingerprint density at radius 1 is 0.952 bits per heavy atom. The van der Waals surface area contributed by atoms with Crippen LogP contribution in [0.5, 0.6) is 5.75 Å². The lowest BCUT2D eigenvalue weighted by Crippen LogP contribution is -2.31. The van der Waals surface area contributed by atoms with Crippen LogP contribution < -0.4 is 10.1 Å². The maximum absolute atomic E-state index is 5.19. The number of ether oxygens (including phenoxy) is 1. The molecule has 0 radical (unpaired) electrons. The van der Waals surface area contributed by atoms with Crippen molar-refractivity contribution in [2.24, 2.45) is 0 Å². The SMILES string of the molecule is COc1ccc(C[C@H](C)NC[C@@H](C)c2ccccc2)cc1. The minimum Gasteiger partial charge on any atom is -0.497 e. The minimum absolute atomic E-state index is 0.463. The molecule has 2 heteroatoms. The summed E-state index contributed by atoms with van der Waals surface area (Å²) in [5.74, 6) is 1.45. The Balaban J connectivity index is 1.80. The van der Waals surface area contributed by atoms with Crippen molar-refractivity contribution in [1.82, 2.24) is 5.32 Å². The van der Waals surface area contributed by atoms with Crippen LogP contribution in [-0.2, 0) is 6.42 Å². The Labute approximate surface area is 128 Å². The molecular weight excluding hydrogens is 258 g/mol. The van der Waals surface area contributed by atoms with Crippen molar-refractivity contribution in [2.45, 2.75) is 32.2 Å². The zero-order valence-electron chi connectivity index (χ0n) is 13.2. The predicted molar refractivity (Wildman–Crippen MR) is 89.0 cm³/mol. The van der Waals surface area contributed by atoms with Gasteiger partial charge in [-0.05, 0) is 42.5 Å². The highest BCUT2D eigenvalue weighted by Gasteiger charge is 2.08. The van der Waals surface area contributed by atoms with Gasteiger partial charge in [0.2, 0.25) is 0 Å². The molecule has 0 fully saturated rings. The van der Waals surface area contributed by atoms with Crippen molar-refractivity contribution >= 4 is 0 Å². The number of methoxy groups -OCH3 is 1. The summed E-state index contributed by atoms with van der Waals surface area (Å²) in [6.45, 7) is 5.51. The van der Waals surface area contributed by atoms with Gasteiger partial charge in [-0.3, -0.25) is 0 Å². The first-order valence-electron chi connectivity index (χ1n) is 7.60. The van der Waals surface area contributed by atoms with Crippen LogP contribution in [0.3, 0.4) is 0 Å². The van der Waals surface area contributed by atoms with Crippen LogP contribution in [0, 0.1) is 0 Å². The Hall–Kier alpha value is -1.80. The van der Waals surface area contributed by atoms with Crippen molar-refractivity contribution in [1.29, 1.82) is 0 Å². The molecule has 0 aliphatic rings. The monoisotopic (exact) mass is 283 g/mol. The highest BCUT2D eigenvalue weighted by Crippen LogP contribution is 2.15. The molecule has 2 aromatic rings. The van der Waals surface area contributed by atoms with E-state index in [0.717, 1.165) is 18.7 Å². The maximum atomic E-state index is 5.19. The summed E-state index contributed by atoms with van der Waals surface area (Å²) in [7, 11) is 1.70. The Morgan fingerprint density at radius 3 is 2.24 bits per heavy atom. The molecule has 0 aromatic heterocycles. The molecule has 2 rings (SSSR count). The van der Waals surface area contributed by atoms with E-state index in [9.17, 15) is 0 Å². The third-order valence-electron chi connectivity index (χ3n) is 3.84. The molecule has 0 saturated carbocycles. The van der Waals surface area contributed by atoms with E-state index in [1.54, 1.807) is 7.11 Å². The smallest absolute Gasteiger partial charge is 0.118 e. The molecule has 2 nitrogen and oxygen atoms in total. The summed E-state index contributed by atoms with van der Waals surface area (Å²) >= 11 is 0. The fraction of sp³-hybridized carbons (Fsp3) is 0.368. The maximum Gasteiger partial charge on any atom is 0.118 e. The van der Waals surface area contributed by atoms with Crippen molar-refractivity contribution < 1.29 is 4.74 Å². The lowest BCUT2D eigenvalue weighted by atomic mass is 10.0. The van der Waals surface area contributed by atoms with Gasteiger partial charge in [-0.25, -0.2) is 0 Å². The quantitative estimate of drug-likeness (QED) is 0.828. The highest BCUT2D eigenvalue weighted by molar-refractivity contribution is 5.27. The van der Waals surface area contributed by atoms with Gasteiger partial charge in [-0.1, -0.05) is 49.4 Å². The first-order chi connectivity index (χ1) is 10.2. The van der Waals surface area contributed by atoms with E-state index in [1.165, 1.54) is 11.1 Å². The zero-order chi connectivity index (χ0) is 15.1. The normalized spacial score (nSPS) is 13.7. The second-order valence-corrected chi connectivity index (χ2v) is 5.67. The Morgan fingerprint density at radius 2 is 1.62 bits per heavy atom. The molecule has 0 amide bonds. The first kappa shape index (κ1) is 15.6. The molecule has 2 aromatic carbocycles. The molecule has 0 unspecified atom stereocenters. The Bertz CT molecular complexity index is 521. The molecular formula is C19H25NO. The summed E-state index contributed by atoms with van der Waals surface area (Å²) in [5, 5.41) is 3.63. The van der Waals surface area contributed by atoms with E-state index in [1.807, 2.05) is 12.1 Å². The fourth-order valence-corrected chi connectivity index (χ4v) is 2.46. The summed E-state index contributed by atoms with van der Waals surface area (Å²) in [5.41, 5.74) is 2.73. The molecule has 0 aliphatic heterocycles. The molecule has 0 aliphatic carbocycles. The molecule has 2 atom stereocenters. The van der Waals surface area contributed by atoms with Crippen LogP contribution >= 0.6 is 0 Å². The summed E-state index contributed by atoms with van der Waals surface area (Å²) in [4.78, 5) is 0. The van der Waals surface area contributed by atoms with E-state index in [4.69, 9.17) is 4.74 Å². The number of hydrogen-bond acceptors (Lipinski definition) is 2. The van der Waals surface area contributed by atoms with Gasteiger partial charge in [0, 0.05) is 12.6 Å². The lowest BCUT2D eigenvalue weighted by Gasteiger charge is -2.18. The number of hydrogen-bond donors (Lipinski definition) is 1. The highest BCUT2D eigenvalue weighted by atomic mass is 16.5. The molecule has 0 spiro atoms. The van der Waals surface area contributed by atoms with Gasteiger partial charge in [0.05, 0.1) is 7.11 Å². The van der Waals surface area contributed by atoms with E-state index in [-0.39, 0.29) is 0 Å². The standard InChI is InChI=1S/C19H25NO/c1-15(18-7-5-4-6-8-18)14-20-16(2)13-17-9-11-19(21-3)12-10-17/h4-12,15-16,20H,13-14H2,1-3H3/t15-,16+/m1/s1. The van der Waals surface area contributed by atoms with Gasteiger partial charge in [-0.15, -0.1) is 0 Å². The largest absolute Gasteiger partial charge is 0.497 e. The van der Waals surface area contributed by atoms with Crippen LogP contribution in [-0.4, -0.2) is 19.7 Å². The molecule has 0 saturated heterocycles. The van der Waals surface area contributed by atoms with Crippen molar-refractivity contribution in [3.8, 4) is 5.75 Å². The van der Waals surface area contributed by atoms with Crippen molar-refractivity contribution in [2.75, 3.05) is 13.7 Å². The predicted octanol–water partition coefficient (Wildman–Crippen LogP) is 4.02. The van der Waals surface area contributed by atoms with Crippen molar-refractivity contribution in [3.05, 3.63) is 65.7 Å². The average Bonchev–Trinajstić information content (AvgIpc) is 2.54. The van der Waals surface area contributed by atoms with Gasteiger partial charge >= 0.3 is 0 Å². The van der Waals surface area contributed by atoms with Crippen LogP contribution in [0.2, 0.25) is 0 Å². The first-order valence-corrected chi connectivity index (χ1v) is 7.60.